The Morgan fingerprint density at radius 1 is 1.57 bits per heavy atom. The molecule has 0 aromatic heterocycles. The summed E-state index contributed by atoms with van der Waals surface area (Å²) in [6.07, 6.45) is 1.28. The summed E-state index contributed by atoms with van der Waals surface area (Å²) in [6, 6.07) is 1.19. The van der Waals surface area contributed by atoms with Crippen LogP contribution in [0, 0.1) is 0 Å². The number of likely N-dealkylation sites (tertiary alicyclic amines) is 1. The fourth-order valence-electron chi connectivity index (χ4n) is 2.16. The Bertz CT molecular complexity index is 166. The maximum Gasteiger partial charge on any atom is 0.0632 e. The van der Waals surface area contributed by atoms with Crippen molar-refractivity contribution in [1.82, 2.24) is 15.5 Å². The number of nitrogens with one attached hydrogen (secondary N) is 2. The van der Waals surface area contributed by atoms with E-state index in [2.05, 4.69) is 22.6 Å². The molecule has 4 heteroatoms. The minimum Gasteiger partial charge on any atom is -0.378 e. The number of rotatable bonds is 3. The molecule has 2 N–H and O–H groups in total. The van der Waals surface area contributed by atoms with Crippen LogP contribution >= 0.6 is 0 Å². The third kappa shape index (κ3) is 2.92. The Balaban J connectivity index is 1.61. The Labute approximate surface area is 86.0 Å². The second kappa shape index (κ2) is 5.07. The van der Waals surface area contributed by atoms with E-state index in [9.17, 15) is 0 Å². The molecule has 2 heterocycles. The molecule has 2 atom stereocenters. The van der Waals surface area contributed by atoms with Crippen molar-refractivity contribution in [2.24, 2.45) is 0 Å². The van der Waals surface area contributed by atoms with Gasteiger partial charge in [0.25, 0.3) is 0 Å². The maximum absolute atomic E-state index is 5.41. The molecular formula is C10H21N3O. The van der Waals surface area contributed by atoms with E-state index in [0.29, 0.717) is 12.1 Å². The molecule has 0 aliphatic carbocycles. The van der Waals surface area contributed by atoms with Crippen molar-refractivity contribution in [3.8, 4) is 0 Å². The van der Waals surface area contributed by atoms with Gasteiger partial charge in [-0.3, -0.25) is 0 Å². The van der Waals surface area contributed by atoms with E-state index in [-0.39, 0.29) is 0 Å². The van der Waals surface area contributed by atoms with Gasteiger partial charge in [-0.25, -0.2) is 0 Å². The summed E-state index contributed by atoms with van der Waals surface area (Å²) in [5.41, 5.74) is 0. The SMILES string of the molecule is CN1CCC(NCC2COCCN2)C1. The number of ether oxygens (including phenoxy) is 1. The Morgan fingerprint density at radius 3 is 3.14 bits per heavy atom. The van der Waals surface area contributed by atoms with Gasteiger partial charge >= 0.3 is 0 Å². The average molecular weight is 199 g/mol. The molecule has 0 aromatic rings. The van der Waals surface area contributed by atoms with Gasteiger partial charge in [0.15, 0.2) is 0 Å². The largest absolute Gasteiger partial charge is 0.378 e. The molecule has 2 fully saturated rings. The van der Waals surface area contributed by atoms with Crippen LogP contribution in [0.25, 0.3) is 0 Å². The zero-order valence-electron chi connectivity index (χ0n) is 8.96. The lowest BCUT2D eigenvalue weighted by atomic mass is 10.2. The number of hydrogen-bond donors (Lipinski definition) is 2. The highest BCUT2D eigenvalue weighted by Gasteiger charge is 2.20. The molecule has 2 saturated heterocycles. The first-order valence-corrected chi connectivity index (χ1v) is 5.57. The Kier molecular flexibility index (Phi) is 3.75. The molecule has 0 aromatic carbocycles. The van der Waals surface area contributed by atoms with Gasteiger partial charge in [0.2, 0.25) is 0 Å². The zero-order valence-corrected chi connectivity index (χ0v) is 8.96. The first-order chi connectivity index (χ1) is 6.84. The van der Waals surface area contributed by atoms with Gasteiger partial charge in [0, 0.05) is 31.7 Å². The molecule has 2 rings (SSSR count). The van der Waals surface area contributed by atoms with Crippen LogP contribution in [0.2, 0.25) is 0 Å². The number of nitrogens with zero attached hydrogens (tertiary/aromatic N) is 1. The summed E-state index contributed by atoms with van der Waals surface area (Å²) in [7, 11) is 2.18. The summed E-state index contributed by atoms with van der Waals surface area (Å²) in [5.74, 6) is 0. The normalized spacial score (nSPS) is 34.9. The highest BCUT2D eigenvalue weighted by Crippen LogP contribution is 2.05. The second-order valence-electron chi connectivity index (χ2n) is 4.38. The van der Waals surface area contributed by atoms with Crippen LogP contribution in [0.5, 0.6) is 0 Å². The molecule has 0 radical (unpaired) electrons. The van der Waals surface area contributed by atoms with Crippen molar-refractivity contribution in [2.45, 2.75) is 18.5 Å². The molecule has 0 amide bonds. The van der Waals surface area contributed by atoms with Gasteiger partial charge in [-0.15, -0.1) is 0 Å². The topological polar surface area (TPSA) is 36.5 Å². The summed E-state index contributed by atoms with van der Waals surface area (Å²) in [5, 5.41) is 7.05. The van der Waals surface area contributed by atoms with E-state index in [0.717, 1.165) is 26.3 Å². The first-order valence-electron chi connectivity index (χ1n) is 5.57. The molecule has 14 heavy (non-hydrogen) atoms. The maximum atomic E-state index is 5.41. The second-order valence-corrected chi connectivity index (χ2v) is 4.38. The third-order valence-electron chi connectivity index (χ3n) is 3.04. The van der Waals surface area contributed by atoms with E-state index in [1.54, 1.807) is 0 Å². The fraction of sp³-hybridized carbons (Fsp3) is 1.00. The summed E-state index contributed by atoms with van der Waals surface area (Å²) >= 11 is 0. The van der Waals surface area contributed by atoms with Crippen LogP contribution in [-0.2, 0) is 4.74 Å². The minimum absolute atomic E-state index is 0.509. The van der Waals surface area contributed by atoms with Gasteiger partial charge in [-0.2, -0.15) is 0 Å². The monoisotopic (exact) mass is 199 g/mol. The van der Waals surface area contributed by atoms with Crippen LogP contribution in [0.1, 0.15) is 6.42 Å². The van der Waals surface area contributed by atoms with Crippen LogP contribution in [0.15, 0.2) is 0 Å². The highest BCUT2D eigenvalue weighted by molar-refractivity contribution is 4.81. The smallest absolute Gasteiger partial charge is 0.0632 e. The molecule has 2 unspecified atom stereocenters. The van der Waals surface area contributed by atoms with Crippen LogP contribution in [0.3, 0.4) is 0 Å². The predicted octanol–water partition coefficient (Wildman–Crippen LogP) is -0.731. The van der Waals surface area contributed by atoms with Gasteiger partial charge in [0.05, 0.1) is 13.2 Å². The zero-order chi connectivity index (χ0) is 9.80. The molecule has 0 bridgehead atoms. The molecule has 4 nitrogen and oxygen atoms in total. The van der Waals surface area contributed by atoms with Gasteiger partial charge in [-0.05, 0) is 20.0 Å². The van der Waals surface area contributed by atoms with E-state index < -0.39 is 0 Å². The molecule has 2 aliphatic heterocycles. The van der Waals surface area contributed by atoms with Crippen molar-refractivity contribution >= 4 is 0 Å². The van der Waals surface area contributed by atoms with Crippen molar-refractivity contribution < 1.29 is 4.74 Å². The van der Waals surface area contributed by atoms with E-state index in [4.69, 9.17) is 4.74 Å². The summed E-state index contributed by atoms with van der Waals surface area (Å²) in [4.78, 5) is 2.38. The highest BCUT2D eigenvalue weighted by atomic mass is 16.5. The van der Waals surface area contributed by atoms with Gasteiger partial charge < -0.3 is 20.3 Å². The Hall–Kier alpha value is -0.160. The Morgan fingerprint density at radius 2 is 2.50 bits per heavy atom. The van der Waals surface area contributed by atoms with Crippen LogP contribution in [0.4, 0.5) is 0 Å². The van der Waals surface area contributed by atoms with E-state index in [1.807, 2.05) is 0 Å². The van der Waals surface area contributed by atoms with E-state index >= 15 is 0 Å². The van der Waals surface area contributed by atoms with Crippen LogP contribution in [-0.4, -0.2) is 63.4 Å². The summed E-state index contributed by atoms with van der Waals surface area (Å²) < 4.78 is 5.41. The number of morpholine rings is 1. The van der Waals surface area contributed by atoms with Gasteiger partial charge in [0.1, 0.15) is 0 Å². The fourth-order valence-corrected chi connectivity index (χ4v) is 2.16. The third-order valence-corrected chi connectivity index (χ3v) is 3.04. The lowest BCUT2D eigenvalue weighted by Crippen LogP contribution is -2.49. The molecular weight excluding hydrogens is 178 g/mol. The first kappa shape index (κ1) is 10.4. The minimum atomic E-state index is 0.509. The van der Waals surface area contributed by atoms with Crippen molar-refractivity contribution in [3.63, 3.8) is 0 Å². The quantitative estimate of drug-likeness (QED) is 0.628. The number of likely N-dealkylation sites (N-methyl/N-ethyl adjacent to an activating group) is 1. The molecule has 0 saturated carbocycles. The molecule has 2 aliphatic rings. The summed E-state index contributed by atoms with van der Waals surface area (Å²) in [6.45, 7) is 6.17. The lowest BCUT2D eigenvalue weighted by Gasteiger charge is -2.25. The molecule has 0 spiro atoms. The standard InChI is InChI=1S/C10H21N3O/c1-13-4-2-9(7-13)12-6-10-8-14-5-3-11-10/h9-12H,2-8H2,1H3. The van der Waals surface area contributed by atoms with Crippen molar-refractivity contribution in [1.29, 1.82) is 0 Å². The number of hydrogen-bond acceptors (Lipinski definition) is 4. The van der Waals surface area contributed by atoms with Crippen molar-refractivity contribution in [3.05, 3.63) is 0 Å². The van der Waals surface area contributed by atoms with E-state index in [1.165, 1.54) is 19.5 Å². The average Bonchev–Trinajstić information content (AvgIpc) is 2.63. The lowest BCUT2D eigenvalue weighted by molar-refractivity contribution is 0.0759. The predicted molar refractivity (Wildman–Crippen MR) is 56.5 cm³/mol. The molecule has 82 valence electrons. The van der Waals surface area contributed by atoms with Crippen molar-refractivity contribution in [2.75, 3.05) is 46.4 Å². The van der Waals surface area contributed by atoms with Crippen LogP contribution < -0.4 is 10.6 Å². The van der Waals surface area contributed by atoms with Gasteiger partial charge in [-0.1, -0.05) is 0 Å².